The molecule has 1 N–H and O–H groups in total. The van der Waals surface area contributed by atoms with Crippen molar-refractivity contribution in [3.8, 4) is 0 Å². The molecule has 0 unspecified atom stereocenters. The maximum absolute atomic E-state index is 12.6. The predicted octanol–water partition coefficient (Wildman–Crippen LogP) is 2.25. The molecule has 2 heterocycles. The number of thiophene rings is 1. The molecule has 1 aromatic rings. The van der Waals surface area contributed by atoms with E-state index in [1.54, 1.807) is 6.07 Å². The number of aliphatic hydroxyl groups excluding tert-OH is 1. The van der Waals surface area contributed by atoms with Crippen LogP contribution in [0.5, 0.6) is 0 Å². The van der Waals surface area contributed by atoms with Gasteiger partial charge in [-0.2, -0.15) is 17.5 Å². The number of sulfonamides is 1. The summed E-state index contributed by atoms with van der Waals surface area (Å²) in [6.45, 7) is -0.295. The van der Waals surface area contributed by atoms with E-state index in [1.165, 1.54) is 6.07 Å². The van der Waals surface area contributed by atoms with Gasteiger partial charge in [0.25, 0.3) is 10.0 Å². The van der Waals surface area contributed by atoms with Crippen molar-refractivity contribution in [3.63, 3.8) is 0 Å². The lowest BCUT2D eigenvalue weighted by Gasteiger charge is -2.31. The molecule has 21 heavy (non-hydrogen) atoms. The first-order valence-electron chi connectivity index (χ1n) is 6.51. The third-order valence-electron chi connectivity index (χ3n) is 3.51. The summed E-state index contributed by atoms with van der Waals surface area (Å²) < 4.78 is 63.7. The van der Waals surface area contributed by atoms with Crippen molar-refractivity contribution in [2.75, 3.05) is 19.7 Å². The second-order valence-electron chi connectivity index (χ2n) is 4.91. The Labute approximate surface area is 125 Å². The lowest BCUT2D eigenvalue weighted by atomic mass is 9.98. The van der Waals surface area contributed by atoms with E-state index in [4.69, 9.17) is 5.11 Å². The molecule has 0 amide bonds. The summed E-state index contributed by atoms with van der Waals surface area (Å²) in [6, 6.07) is 3.07. The third-order valence-corrected chi connectivity index (χ3v) is 7.02. The van der Waals surface area contributed by atoms with Crippen molar-refractivity contribution < 1.29 is 26.7 Å². The first-order chi connectivity index (χ1) is 9.75. The van der Waals surface area contributed by atoms with Gasteiger partial charge < -0.3 is 5.11 Å². The average molecular weight is 343 g/mol. The highest BCUT2D eigenvalue weighted by molar-refractivity contribution is 7.91. The highest BCUT2D eigenvalue weighted by atomic mass is 32.2. The fourth-order valence-corrected chi connectivity index (χ4v) is 5.26. The Morgan fingerprint density at radius 1 is 1.29 bits per heavy atom. The zero-order chi connectivity index (χ0) is 15.7. The van der Waals surface area contributed by atoms with Gasteiger partial charge in [-0.25, -0.2) is 8.42 Å². The Hall–Kier alpha value is -0.640. The van der Waals surface area contributed by atoms with Crippen LogP contribution in [0.15, 0.2) is 16.3 Å². The molecule has 0 aliphatic carbocycles. The number of hydrogen-bond acceptors (Lipinski definition) is 4. The molecule has 1 aromatic heterocycles. The van der Waals surface area contributed by atoms with Crippen LogP contribution in [0.25, 0.3) is 0 Å². The molecule has 0 spiro atoms. The van der Waals surface area contributed by atoms with E-state index in [0.717, 1.165) is 20.5 Å². The van der Waals surface area contributed by atoms with Gasteiger partial charge in [0.05, 0.1) is 5.92 Å². The molecule has 0 bridgehead atoms. The lowest BCUT2D eigenvalue weighted by molar-refractivity contribution is -0.182. The van der Waals surface area contributed by atoms with Gasteiger partial charge in [-0.15, -0.1) is 11.3 Å². The van der Waals surface area contributed by atoms with E-state index in [0.29, 0.717) is 6.42 Å². The van der Waals surface area contributed by atoms with Crippen molar-refractivity contribution >= 4 is 21.4 Å². The van der Waals surface area contributed by atoms with Crippen molar-refractivity contribution in [2.45, 2.75) is 29.6 Å². The molecular weight excluding hydrogens is 327 g/mol. The molecule has 1 fully saturated rings. The smallest absolute Gasteiger partial charge is 0.391 e. The van der Waals surface area contributed by atoms with E-state index < -0.39 is 22.1 Å². The minimum absolute atomic E-state index is 0.0724. The molecule has 0 radical (unpaired) electrons. The lowest BCUT2D eigenvalue weighted by Crippen LogP contribution is -2.41. The van der Waals surface area contributed by atoms with E-state index >= 15 is 0 Å². The average Bonchev–Trinajstić information content (AvgIpc) is 2.88. The van der Waals surface area contributed by atoms with E-state index in [1.807, 2.05) is 0 Å². The topological polar surface area (TPSA) is 57.6 Å². The molecule has 0 saturated carbocycles. The SMILES string of the molecule is O=S(=O)(c1ccc(CCO)s1)N1CCC(C(F)(F)F)CC1. The fourth-order valence-electron chi connectivity index (χ4n) is 2.29. The molecule has 0 aromatic carbocycles. The minimum Gasteiger partial charge on any atom is -0.396 e. The maximum atomic E-state index is 12.6. The van der Waals surface area contributed by atoms with Gasteiger partial charge in [0.2, 0.25) is 0 Å². The van der Waals surface area contributed by atoms with Crippen LogP contribution in [0.2, 0.25) is 0 Å². The Morgan fingerprint density at radius 3 is 2.43 bits per heavy atom. The third kappa shape index (κ3) is 3.77. The highest BCUT2D eigenvalue weighted by Crippen LogP contribution is 2.36. The molecule has 4 nitrogen and oxygen atoms in total. The van der Waals surface area contributed by atoms with Crippen LogP contribution in [0.1, 0.15) is 17.7 Å². The van der Waals surface area contributed by atoms with Crippen LogP contribution >= 0.6 is 11.3 Å². The number of hydrogen-bond donors (Lipinski definition) is 1. The van der Waals surface area contributed by atoms with E-state index in [9.17, 15) is 21.6 Å². The Bertz CT molecular complexity index is 575. The van der Waals surface area contributed by atoms with Gasteiger partial charge in [-0.05, 0) is 25.0 Å². The Morgan fingerprint density at radius 2 is 1.90 bits per heavy atom. The monoisotopic (exact) mass is 343 g/mol. The molecule has 2 rings (SSSR count). The fraction of sp³-hybridized carbons (Fsp3) is 0.667. The summed E-state index contributed by atoms with van der Waals surface area (Å²) in [6.07, 6.45) is -4.28. The Balaban J connectivity index is 2.07. The van der Waals surface area contributed by atoms with Crippen LogP contribution in [-0.4, -0.2) is 43.7 Å². The van der Waals surface area contributed by atoms with Gasteiger partial charge in [0.15, 0.2) is 0 Å². The van der Waals surface area contributed by atoms with Crippen molar-refractivity contribution in [1.29, 1.82) is 0 Å². The summed E-state index contributed by atoms with van der Waals surface area (Å²) >= 11 is 1.05. The van der Waals surface area contributed by atoms with Crippen LogP contribution in [0, 0.1) is 5.92 Å². The zero-order valence-electron chi connectivity index (χ0n) is 11.1. The first kappa shape index (κ1) is 16.7. The summed E-state index contributed by atoms with van der Waals surface area (Å²) in [5.41, 5.74) is 0. The second-order valence-corrected chi connectivity index (χ2v) is 8.25. The van der Waals surface area contributed by atoms with Gasteiger partial charge in [0.1, 0.15) is 4.21 Å². The van der Waals surface area contributed by atoms with Crippen molar-refractivity contribution in [3.05, 3.63) is 17.0 Å². The maximum Gasteiger partial charge on any atom is 0.391 e. The number of rotatable bonds is 4. The normalized spacial score (nSPS) is 19.0. The van der Waals surface area contributed by atoms with Gasteiger partial charge >= 0.3 is 6.18 Å². The standard InChI is InChI=1S/C12H16F3NO3S2/c13-12(14,15)9-3-6-16(7-4-9)21(18,19)11-2-1-10(20-11)5-8-17/h1-2,9,17H,3-8H2. The molecule has 0 atom stereocenters. The molecule has 1 aliphatic heterocycles. The molecule has 9 heteroatoms. The number of alkyl halides is 3. The first-order valence-corrected chi connectivity index (χ1v) is 8.77. The molecular formula is C12H16F3NO3S2. The van der Waals surface area contributed by atoms with Crippen LogP contribution in [0.4, 0.5) is 13.2 Å². The Kier molecular flexibility index (Phi) is 4.96. The summed E-state index contributed by atoms with van der Waals surface area (Å²) in [5, 5.41) is 8.83. The van der Waals surface area contributed by atoms with Crippen LogP contribution in [0.3, 0.4) is 0 Å². The number of piperidine rings is 1. The quantitative estimate of drug-likeness (QED) is 0.912. The van der Waals surface area contributed by atoms with Gasteiger partial charge in [-0.3, -0.25) is 0 Å². The van der Waals surface area contributed by atoms with Crippen molar-refractivity contribution in [2.24, 2.45) is 5.92 Å². The number of nitrogens with zero attached hydrogens (tertiary/aromatic N) is 1. The zero-order valence-corrected chi connectivity index (χ0v) is 12.8. The van der Waals surface area contributed by atoms with Gasteiger partial charge in [-0.1, -0.05) is 0 Å². The summed E-state index contributed by atoms with van der Waals surface area (Å²) in [5.74, 6) is -1.42. The second kappa shape index (κ2) is 6.23. The largest absolute Gasteiger partial charge is 0.396 e. The summed E-state index contributed by atoms with van der Waals surface area (Å²) in [4.78, 5) is 0.737. The molecule has 120 valence electrons. The van der Waals surface area contributed by atoms with Crippen LogP contribution in [-0.2, 0) is 16.4 Å². The van der Waals surface area contributed by atoms with Crippen molar-refractivity contribution in [1.82, 2.24) is 4.31 Å². The number of halogens is 3. The molecule has 1 saturated heterocycles. The number of aliphatic hydroxyl groups is 1. The minimum atomic E-state index is -4.26. The van der Waals surface area contributed by atoms with E-state index in [2.05, 4.69) is 0 Å². The van der Waals surface area contributed by atoms with E-state index in [-0.39, 0.29) is 36.7 Å². The molecule has 1 aliphatic rings. The predicted molar refractivity (Wildman–Crippen MR) is 72.6 cm³/mol. The highest BCUT2D eigenvalue weighted by Gasteiger charge is 2.43. The summed E-state index contributed by atoms with van der Waals surface area (Å²) in [7, 11) is -3.73. The van der Waals surface area contributed by atoms with Gasteiger partial charge in [0, 0.05) is 31.0 Å². The van der Waals surface area contributed by atoms with Crippen LogP contribution < -0.4 is 0 Å².